The molecular formula is C16H8Cl7NO2. The molecule has 26 heavy (non-hydrogen) atoms. The van der Waals surface area contributed by atoms with Crippen molar-refractivity contribution in [3.8, 4) is 0 Å². The summed E-state index contributed by atoms with van der Waals surface area (Å²) in [7, 11) is 0. The van der Waals surface area contributed by atoms with Crippen LogP contribution < -0.4 is 4.90 Å². The van der Waals surface area contributed by atoms with Crippen LogP contribution in [0.1, 0.15) is 5.56 Å². The maximum Gasteiger partial charge on any atom is 0.240 e. The third-order valence-electron chi connectivity index (χ3n) is 5.32. The lowest BCUT2D eigenvalue weighted by molar-refractivity contribution is -0.123. The first kappa shape index (κ1) is 19.4. The second-order valence-electron chi connectivity index (χ2n) is 6.53. The first-order valence-electron chi connectivity index (χ1n) is 7.38. The van der Waals surface area contributed by atoms with Crippen LogP contribution in [0.5, 0.6) is 0 Å². The molecule has 1 aromatic carbocycles. The van der Waals surface area contributed by atoms with E-state index in [-0.39, 0.29) is 10.1 Å². The minimum Gasteiger partial charge on any atom is -0.274 e. The van der Waals surface area contributed by atoms with E-state index in [1.807, 2.05) is 0 Å². The Morgan fingerprint density at radius 2 is 1.35 bits per heavy atom. The van der Waals surface area contributed by atoms with E-state index in [0.29, 0.717) is 10.7 Å². The van der Waals surface area contributed by atoms with Crippen LogP contribution in [0.2, 0.25) is 5.02 Å². The van der Waals surface area contributed by atoms with Crippen LogP contribution in [0.25, 0.3) is 0 Å². The van der Waals surface area contributed by atoms with Gasteiger partial charge in [0.1, 0.15) is 9.75 Å². The Hall–Kier alpha value is 0.130. The second-order valence-corrected chi connectivity index (χ2v) is 10.2. The molecule has 2 bridgehead atoms. The molecule has 1 saturated heterocycles. The Morgan fingerprint density at radius 3 is 1.77 bits per heavy atom. The van der Waals surface area contributed by atoms with Crippen molar-refractivity contribution < 1.29 is 9.59 Å². The van der Waals surface area contributed by atoms with Crippen molar-refractivity contribution in [2.45, 2.75) is 21.0 Å². The Bertz CT molecular complexity index is 883. The summed E-state index contributed by atoms with van der Waals surface area (Å²) < 4.78 is -1.94. The monoisotopic (exact) mass is 491 g/mol. The number of imide groups is 1. The van der Waals surface area contributed by atoms with Gasteiger partial charge in [0.25, 0.3) is 0 Å². The number of anilines is 1. The number of hydrogen-bond acceptors (Lipinski definition) is 2. The number of rotatable bonds is 1. The fourth-order valence-corrected chi connectivity index (χ4v) is 7.07. The summed E-state index contributed by atoms with van der Waals surface area (Å²) in [6.45, 7) is 1.80. The first-order valence-corrected chi connectivity index (χ1v) is 10.0. The molecule has 1 heterocycles. The van der Waals surface area contributed by atoms with Gasteiger partial charge in [-0.1, -0.05) is 64.1 Å². The molecule has 1 saturated carbocycles. The lowest BCUT2D eigenvalue weighted by atomic mass is 9.84. The minimum absolute atomic E-state index is 0.118. The minimum atomic E-state index is -1.94. The number of nitrogens with zero attached hydrogens (tertiary/aromatic N) is 1. The predicted molar refractivity (Wildman–Crippen MR) is 106 cm³/mol. The standard InChI is InChI=1S/C16H8Cl7NO2/c1-5-2-3-6(4-7(5)17)24-12(25)8-9(13(24)26)15(21)11(19)10(18)14(8,20)16(15,22)23/h2-4,8-9H,1H3/t8-,9+,14+,15-. The number of fused-ring (bicyclic) bond motifs is 5. The molecule has 0 aromatic heterocycles. The molecule has 0 unspecified atom stereocenters. The maximum atomic E-state index is 13.1. The summed E-state index contributed by atoms with van der Waals surface area (Å²) in [6.07, 6.45) is 0. The van der Waals surface area contributed by atoms with Crippen molar-refractivity contribution in [1.82, 2.24) is 0 Å². The molecule has 2 amide bonds. The summed E-state index contributed by atoms with van der Waals surface area (Å²) in [4.78, 5) is 23.7. The smallest absolute Gasteiger partial charge is 0.240 e. The van der Waals surface area contributed by atoms with E-state index in [1.54, 1.807) is 19.1 Å². The van der Waals surface area contributed by atoms with E-state index >= 15 is 0 Å². The lowest BCUT2D eigenvalue weighted by Gasteiger charge is -2.34. The van der Waals surface area contributed by atoms with Gasteiger partial charge in [0.05, 0.1) is 27.6 Å². The maximum absolute atomic E-state index is 13.1. The number of carbonyl (C=O) groups is 2. The molecule has 4 rings (SSSR count). The van der Waals surface area contributed by atoms with Gasteiger partial charge in [-0.15, -0.1) is 23.2 Å². The Labute approximate surface area is 184 Å². The third kappa shape index (κ3) is 1.87. The highest BCUT2D eigenvalue weighted by Crippen LogP contribution is 2.77. The van der Waals surface area contributed by atoms with Gasteiger partial charge in [0.2, 0.25) is 11.8 Å². The number of alkyl halides is 4. The van der Waals surface area contributed by atoms with Crippen molar-refractivity contribution in [2.75, 3.05) is 4.90 Å². The Morgan fingerprint density at radius 1 is 0.885 bits per heavy atom. The number of carbonyl (C=O) groups excluding carboxylic acids is 2. The number of hydrogen-bond donors (Lipinski definition) is 0. The van der Waals surface area contributed by atoms with Crippen molar-refractivity contribution in [3.63, 3.8) is 0 Å². The van der Waals surface area contributed by atoms with Crippen molar-refractivity contribution in [1.29, 1.82) is 0 Å². The van der Waals surface area contributed by atoms with Crippen LogP contribution in [0.15, 0.2) is 28.3 Å². The molecule has 0 N–H and O–H groups in total. The first-order chi connectivity index (χ1) is 11.9. The summed E-state index contributed by atoms with van der Waals surface area (Å²) in [6, 6.07) is 4.81. The molecule has 1 aromatic rings. The number of amides is 2. The molecular weight excluding hydrogens is 486 g/mol. The van der Waals surface area contributed by atoms with Crippen LogP contribution in [-0.2, 0) is 9.59 Å². The summed E-state index contributed by atoms with van der Waals surface area (Å²) in [5.41, 5.74) is 1.10. The highest BCUT2D eigenvalue weighted by Gasteiger charge is 2.87. The zero-order chi connectivity index (χ0) is 19.4. The van der Waals surface area contributed by atoms with Gasteiger partial charge in [-0.25, -0.2) is 4.90 Å². The number of benzene rings is 1. The summed E-state index contributed by atoms with van der Waals surface area (Å²) in [5.74, 6) is -3.52. The predicted octanol–water partition coefficient (Wildman–Crippen LogP) is 5.60. The Balaban J connectivity index is 1.90. The second kappa shape index (κ2) is 5.60. The van der Waals surface area contributed by atoms with Crippen LogP contribution in [0.3, 0.4) is 0 Å². The van der Waals surface area contributed by atoms with Gasteiger partial charge < -0.3 is 0 Å². The van der Waals surface area contributed by atoms with Crippen molar-refractivity contribution in [2.24, 2.45) is 11.8 Å². The average Bonchev–Trinajstić information content (AvgIpc) is 2.95. The van der Waals surface area contributed by atoms with Crippen molar-refractivity contribution >= 4 is 98.7 Å². The fraction of sp³-hybridized carbons (Fsp3) is 0.375. The van der Waals surface area contributed by atoms with Gasteiger partial charge in [-0.2, -0.15) is 0 Å². The van der Waals surface area contributed by atoms with E-state index in [1.165, 1.54) is 6.07 Å². The van der Waals surface area contributed by atoms with Gasteiger partial charge >= 0.3 is 0 Å². The zero-order valence-corrected chi connectivity index (χ0v) is 18.1. The highest BCUT2D eigenvalue weighted by atomic mass is 35.5. The highest BCUT2D eigenvalue weighted by molar-refractivity contribution is 6.67. The molecule has 2 aliphatic carbocycles. The molecule has 0 radical (unpaired) electrons. The topological polar surface area (TPSA) is 37.4 Å². The molecule has 3 aliphatic rings. The lowest BCUT2D eigenvalue weighted by Crippen LogP contribution is -2.50. The average molecular weight is 494 g/mol. The van der Waals surface area contributed by atoms with Gasteiger partial charge in [-0.05, 0) is 24.6 Å². The van der Waals surface area contributed by atoms with Crippen LogP contribution in [0, 0.1) is 18.8 Å². The van der Waals surface area contributed by atoms with Crippen LogP contribution >= 0.6 is 81.2 Å². The Kier molecular flexibility index (Phi) is 4.19. The van der Waals surface area contributed by atoms with Gasteiger partial charge in [0.15, 0.2) is 4.33 Å². The SMILES string of the molecule is Cc1ccc(N2C(=O)[C@@H]3[C@H](C2=O)[C@]2(Cl)C(Cl)=C(Cl)[C@@]3(Cl)C2(Cl)Cl)cc1Cl. The molecule has 138 valence electrons. The van der Waals surface area contributed by atoms with E-state index < -0.39 is 37.7 Å². The van der Waals surface area contributed by atoms with E-state index in [9.17, 15) is 9.59 Å². The summed E-state index contributed by atoms with van der Waals surface area (Å²) in [5, 5.41) is 0.168. The number of allylic oxidation sites excluding steroid dienone is 2. The molecule has 4 atom stereocenters. The van der Waals surface area contributed by atoms with E-state index in [2.05, 4.69) is 0 Å². The van der Waals surface area contributed by atoms with Gasteiger partial charge in [-0.3, -0.25) is 9.59 Å². The molecule has 0 spiro atoms. The zero-order valence-electron chi connectivity index (χ0n) is 12.8. The van der Waals surface area contributed by atoms with E-state index in [0.717, 1.165) is 10.5 Å². The molecule has 1 aliphatic heterocycles. The quantitative estimate of drug-likeness (QED) is 0.377. The van der Waals surface area contributed by atoms with Crippen LogP contribution in [-0.4, -0.2) is 25.9 Å². The van der Waals surface area contributed by atoms with Crippen LogP contribution in [0.4, 0.5) is 5.69 Å². The molecule has 3 nitrogen and oxygen atoms in total. The van der Waals surface area contributed by atoms with Gasteiger partial charge in [0, 0.05) is 5.02 Å². The third-order valence-corrected chi connectivity index (χ3v) is 9.99. The van der Waals surface area contributed by atoms with Crippen molar-refractivity contribution in [3.05, 3.63) is 38.8 Å². The molecule has 2 fully saturated rings. The normalized spacial score (nSPS) is 37.8. The fourth-order valence-electron chi connectivity index (χ4n) is 3.97. The van der Waals surface area contributed by atoms with E-state index in [4.69, 9.17) is 81.2 Å². The number of halogens is 7. The molecule has 10 heteroatoms. The summed E-state index contributed by atoms with van der Waals surface area (Å²) >= 11 is 44.8. The number of aryl methyl sites for hydroxylation is 1. The largest absolute Gasteiger partial charge is 0.274 e.